The van der Waals surface area contributed by atoms with E-state index in [2.05, 4.69) is 5.10 Å². The van der Waals surface area contributed by atoms with Crippen LogP contribution in [0.2, 0.25) is 0 Å². The monoisotopic (exact) mass is 554 g/mol. The molecule has 0 unspecified atom stereocenters. The van der Waals surface area contributed by atoms with E-state index >= 15 is 0 Å². The van der Waals surface area contributed by atoms with Crippen molar-refractivity contribution in [3.63, 3.8) is 0 Å². The fourth-order valence-corrected chi connectivity index (χ4v) is 6.95. The summed E-state index contributed by atoms with van der Waals surface area (Å²) in [6, 6.07) is 28.4. The second kappa shape index (κ2) is 9.82. The number of hydrogen-bond donors (Lipinski definition) is 0. The molecule has 10 heteroatoms. The third-order valence-electron chi connectivity index (χ3n) is 5.80. The van der Waals surface area contributed by atoms with Gasteiger partial charge in [0.1, 0.15) is 0 Å². The number of benzene rings is 4. The van der Waals surface area contributed by atoms with E-state index in [1.807, 2.05) is 20.8 Å². The Labute approximate surface area is 224 Å². The molecule has 4 aromatic rings. The second-order valence-electron chi connectivity index (χ2n) is 9.11. The van der Waals surface area contributed by atoms with Gasteiger partial charge in [-0.25, -0.2) is 0 Å². The number of alkyl halides is 3. The van der Waals surface area contributed by atoms with E-state index in [0.29, 0.717) is 0 Å². The average molecular weight is 555 g/mol. The Morgan fingerprint density at radius 1 is 0.615 bits per heavy atom. The SMILES string of the molecule is Cc1ccc(OP2(Oc3ccc(C)cc3)(Oc3ccc(C)cc3)OC(C(F)(F)F)=NN2c2ccccc2)cc1. The van der Waals surface area contributed by atoms with Crippen molar-refractivity contribution in [1.29, 1.82) is 0 Å². The van der Waals surface area contributed by atoms with E-state index in [9.17, 15) is 13.2 Å². The minimum atomic E-state index is -5.62. The van der Waals surface area contributed by atoms with E-state index in [4.69, 9.17) is 18.1 Å². The molecular weight excluding hydrogens is 528 g/mol. The molecule has 0 fully saturated rings. The number of halogens is 3. The van der Waals surface area contributed by atoms with Crippen molar-refractivity contribution in [2.75, 3.05) is 4.78 Å². The first-order chi connectivity index (χ1) is 18.5. The van der Waals surface area contributed by atoms with Crippen molar-refractivity contribution in [3.8, 4) is 17.2 Å². The molecule has 0 saturated carbocycles. The summed E-state index contributed by atoms with van der Waals surface area (Å²) in [7, 11) is -5.62. The number of nitrogens with zero attached hydrogens (tertiary/aromatic N) is 2. The van der Waals surface area contributed by atoms with E-state index in [1.165, 1.54) is 0 Å². The Kier molecular flexibility index (Phi) is 6.64. The molecule has 0 saturated heterocycles. The summed E-state index contributed by atoms with van der Waals surface area (Å²) >= 11 is 0. The zero-order valence-electron chi connectivity index (χ0n) is 21.4. The van der Waals surface area contributed by atoms with Gasteiger partial charge >= 0.3 is 224 Å². The van der Waals surface area contributed by atoms with Gasteiger partial charge in [-0.2, -0.15) is 0 Å². The van der Waals surface area contributed by atoms with Crippen LogP contribution in [0.15, 0.2) is 108 Å². The third kappa shape index (κ3) is 5.36. The molecule has 6 nitrogen and oxygen atoms in total. The van der Waals surface area contributed by atoms with Crippen LogP contribution >= 0.6 is 7.66 Å². The molecule has 0 amide bonds. The minimum absolute atomic E-state index is 0.164. The predicted molar refractivity (Wildman–Crippen MR) is 146 cm³/mol. The van der Waals surface area contributed by atoms with Crippen molar-refractivity contribution in [2.24, 2.45) is 5.10 Å². The molecule has 0 atom stereocenters. The van der Waals surface area contributed by atoms with Crippen molar-refractivity contribution in [3.05, 3.63) is 120 Å². The van der Waals surface area contributed by atoms with Crippen LogP contribution in [0.1, 0.15) is 16.7 Å². The van der Waals surface area contributed by atoms with Gasteiger partial charge in [0, 0.05) is 0 Å². The molecule has 0 N–H and O–H groups in total. The summed E-state index contributed by atoms with van der Waals surface area (Å²) in [4.78, 5) is 0. The van der Waals surface area contributed by atoms with Gasteiger partial charge in [0.25, 0.3) is 0 Å². The van der Waals surface area contributed by atoms with Crippen LogP contribution < -0.4 is 18.4 Å². The van der Waals surface area contributed by atoms with Crippen LogP contribution in [0.3, 0.4) is 0 Å². The van der Waals surface area contributed by atoms with Crippen LogP contribution in [0.4, 0.5) is 18.9 Å². The molecule has 0 spiro atoms. The standard InChI is InChI=1S/C29H26F3N2O4P/c1-21-9-15-25(16-10-21)35-39(36-26-17-11-22(2)12-18-26,37-27-19-13-23(3)14-20-27)34(24-7-5-4-6-8-24)33-28(38-39)29(30,31)32/h4-20H,1-3H3. The summed E-state index contributed by atoms with van der Waals surface area (Å²) < 4.78 is 69.0. The summed E-state index contributed by atoms with van der Waals surface area (Å²) in [5, 5.41) is 3.88. The van der Waals surface area contributed by atoms with Crippen molar-refractivity contribution < 1.29 is 31.3 Å². The molecule has 1 aliphatic rings. The first-order valence-corrected chi connectivity index (χ1v) is 13.9. The van der Waals surface area contributed by atoms with Crippen molar-refractivity contribution >= 4 is 19.2 Å². The normalized spacial score (nSPS) is 16.8. The molecule has 1 heterocycles. The van der Waals surface area contributed by atoms with Crippen LogP contribution in [0, 0.1) is 20.8 Å². The number of anilines is 1. The average Bonchev–Trinajstić information content (AvgIpc) is 3.24. The summed E-state index contributed by atoms with van der Waals surface area (Å²) in [5.41, 5.74) is 2.97. The van der Waals surface area contributed by atoms with Gasteiger partial charge in [0.15, 0.2) is 0 Å². The van der Waals surface area contributed by atoms with Gasteiger partial charge in [-0.15, -0.1) is 0 Å². The zero-order valence-corrected chi connectivity index (χ0v) is 22.3. The van der Waals surface area contributed by atoms with Gasteiger partial charge in [-0.1, -0.05) is 0 Å². The Hall–Kier alpha value is -4.23. The van der Waals surface area contributed by atoms with Gasteiger partial charge in [0.05, 0.1) is 0 Å². The summed E-state index contributed by atoms with van der Waals surface area (Å²) in [5.74, 6) is -1.07. The molecular formula is C29H26F3N2O4P. The number of para-hydroxylation sites is 1. The molecule has 4 aromatic carbocycles. The maximum absolute atomic E-state index is 14.3. The van der Waals surface area contributed by atoms with E-state index in [-0.39, 0.29) is 22.9 Å². The van der Waals surface area contributed by atoms with Gasteiger partial charge < -0.3 is 0 Å². The number of rotatable bonds is 7. The zero-order chi connectivity index (χ0) is 27.7. The first-order valence-electron chi connectivity index (χ1n) is 12.1. The Bertz CT molecular complexity index is 1360. The van der Waals surface area contributed by atoms with E-state index in [1.54, 1.807) is 103 Å². The predicted octanol–water partition coefficient (Wildman–Crippen LogP) is 8.69. The number of hydrogen-bond acceptors (Lipinski definition) is 6. The van der Waals surface area contributed by atoms with Crippen molar-refractivity contribution in [2.45, 2.75) is 26.9 Å². The number of hydrazone groups is 1. The molecule has 39 heavy (non-hydrogen) atoms. The fourth-order valence-electron chi connectivity index (χ4n) is 3.83. The Balaban J connectivity index is 1.80. The Morgan fingerprint density at radius 3 is 1.36 bits per heavy atom. The molecule has 0 bridgehead atoms. The first kappa shape index (κ1) is 26.4. The molecule has 202 valence electrons. The quantitative estimate of drug-likeness (QED) is 0.214. The summed E-state index contributed by atoms with van der Waals surface area (Å²) in [6.45, 7) is 5.64. The fraction of sp³-hybridized carbons (Fsp3) is 0.138. The molecule has 1 aliphatic heterocycles. The second-order valence-corrected chi connectivity index (χ2v) is 11.8. The van der Waals surface area contributed by atoms with Crippen LogP contribution in [0.5, 0.6) is 17.2 Å². The molecule has 0 aromatic heterocycles. The van der Waals surface area contributed by atoms with Crippen LogP contribution in [-0.2, 0) is 4.52 Å². The van der Waals surface area contributed by atoms with Gasteiger partial charge in [-0.05, 0) is 0 Å². The van der Waals surface area contributed by atoms with Gasteiger partial charge in [-0.3, -0.25) is 0 Å². The van der Waals surface area contributed by atoms with Crippen LogP contribution in [-0.4, -0.2) is 12.1 Å². The Morgan fingerprint density at radius 2 is 1.00 bits per heavy atom. The summed E-state index contributed by atoms with van der Waals surface area (Å²) in [6.07, 6.45) is -4.98. The van der Waals surface area contributed by atoms with E-state index in [0.717, 1.165) is 21.5 Å². The molecule has 0 aliphatic carbocycles. The van der Waals surface area contributed by atoms with E-state index < -0.39 is 19.7 Å². The molecule has 5 rings (SSSR count). The topological polar surface area (TPSA) is 52.5 Å². The van der Waals surface area contributed by atoms with Crippen LogP contribution in [0.25, 0.3) is 0 Å². The number of aryl methyl sites for hydroxylation is 3. The third-order valence-corrected chi connectivity index (χ3v) is 8.77. The van der Waals surface area contributed by atoms with Crippen molar-refractivity contribution in [1.82, 2.24) is 0 Å². The van der Waals surface area contributed by atoms with Gasteiger partial charge in [0.2, 0.25) is 0 Å². The maximum atomic E-state index is 14.3. The molecule has 0 radical (unpaired) electrons.